The van der Waals surface area contributed by atoms with Gasteiger partial charge in [0.25, 0.3) is 0 Å². The number of para-hydroxylation sites is 1. The summed E-state index contributed by atoms with van der Waals surface area (Å²) in [7, 11) is 0. The molecular weight excluding hydrogens is 358 g/mol. The number of hydrogen-bond acceptors (Lipinski definition) is 3. The molecule has 0 aliphatic carbocycles. The Bertz CT molecular complexity index is 952. The molecule has 0 amide bonds. The number of esters is 1. The highest BCUT2D eigenvalue weighted by atomic mass is 35.5. The third-order valence-corrected chi connectivity index (χ3v) is 4.51. The second kappa shape index (κ2) is 9.06. The summed E-state index contributed by atoms with van der Waals surface area (Å²) in [5.41, 5.74) is 4.00. The molecule has 0 unspecified atom stereocenters. The number of anilines is 2. The maximum Gasteiger partial charge on any atom is 0.340 e. The highest BCUT2D eigenvalue weighted by Crippen LogP contribution is 2.28. The smallest absolute Gasteiger partial charge is 0.340 e. The summed E-state index contributed by atoms with van der Waals surface area (Å²) < 4.78 is 5.39. The van der Waals surface area contributed by atoms with Gasteiger partial charge in [-0.1, -0.05) is 66.2 Å². The summed E-state index contributed by atoms with van der Waals surface area (Å²) in [4.78, 5) is 12.5. The van der Waals surface area contributed by atoms with E-state index >= 15 is 0 Å². The van der Waals surface area contributed by atoms with Crippen LogP contribution in [0.4, 0.5) is 11.4 Å². The maximum atomic E-state index is 12.5. The Morgan fingerprint density at radius 3 is 2.48 bits per heavy atom. The first-order valence-corrected chi connectivity index (χ1v) is 9.03. The fourth-order valence-electron chi connectivity index (χ4n) is 2.61. The van der Waals surface area contributed by atoms with E-state index in [0.29, 0.717) is 16.3 Å². The average Bonchev–Trinajstić information content (AvgIpc) is 2.70. The van der Waals surface area contributed by atoms with Crippen molar-refractivity contribution in [1.82, 2.24) is 0 Å². The standard InChI is InChI=1S/C23H20ClNO2/c1-17-20(24)13-7-15-21(17)25-22-14-6-5-12-19(22)23(26)27-16-8-11-18-9-3-2-4-10-18/h2-15,25H,16H2,1H3/b11-8+. The monoisotopic (exact) mass is 377 g/mol. The van der Waals surface area contributed by atoms with Gasteiger partial charge in [0.05, 0.1) is 11.3 Å². The lowest BCUT2D eigenvalue weighted by Gasteiger charge is -2.13. The number of carbonyl (C=O) groups is 1. The molecule has 3 rings (SSSR count). The molecule has 3 aromatic rings. The number of hydrogen-bond donors (Lipinski definition) is 1. The van der Waals surface area contributed by atoms with E-state index in [-0.39, 0.29) is 12.6 Å². The van der Waals surface area contributed by atoms with Gasteiger partial charge in [0.1, 0.15) is 6.61 Å². The first-order chi connectivity index (χ1) is 13.1. The van der Waals surface area contributed by atoms with Crippen molar-refractivity contribution in [3.63, 3.8) is 0 Å². The SMILES string of the molecule is Cc1c(Cl)cccc1Nc1ccccc1C(=O)OC/C=C/c1ccccc1. The Morgan fingerprint density at radius 1 is 0.963 bits per heavy atom. The third kappa shape index (κ3) is 4.99. The zero-order chi connectivity index (χ0) is 19.1. The number of rotatable bonds is 6. The van der Waals surface area contributed by atoms with Crippen LogP contribution in [0.2, 0.25) is 5.02 Å². The van der Waals surface area contributed by atoms with Gasteiger partial charge in [-0.25, -0.2) is 4.79 Å². The van der Waals surface area contributed by atoms with E-state index in [9.17, 15) is 4.79 Å². The Hall–Kier alpha value is -3.04. The van der Waals surface area contributed by atoms with Crippen molar-refractivity contribution in [1.29, 1.82) is 0 Å². The first-order valence-electron chi connectivity index (χ1n) is 8.65. The van der Waals surface area contributed by atoms with Crippen molar-refractivity contribution in [2.75, 3.05) is 11.9 Å². The minimum atomic E-state index is -0.379. The summed E-state index contributed by atoms with van der Waals surface area (Å²) >= 11 is 6.18. The summed E-state index contributed by atoms with van der Waals surface area (Å²) in [6, 6.07) is 22.8. The van der Waals surface area contributed by atoms with E-state index in [1.54, 1.807) is 6.07 Å². The Labute approximate surface area is 164 Å². The van der Waals surface area contributed by atoms with E-state index in [1.165, 1.54) is 0 Å². The Balaban J connectivity index is 1.68. The van der Waals surface area contributed by atoms with Gasteiger partial charge in [0, 0.05) is 10.7 Å². The van der Waals surface area contributed by atoms with Gasteiger partial charge in [-0.2, -0.15) is 0 Å². The molecule has 0 aliphatic heterocycles. The summed E-state index contributed by atoms with van der Waals surface area (Å²) in [5, 5.41) is 3.95. The van der Waals surface area contributed by atoms with Crippen LogP contribution in [-0.4, -0.2) is 12.6 Å². The highest BCUT2D eigenvalue weighted by Gasteiger charge is 2.13. The molecule has 4 heteroatoms. The van der Waals surface area contributed by atoms with Crippen molar-refractivity contribution >= 4 is 35.0 Å². The number of halogens is 1. The number of carbonyl (C=O) groups excluding carboxylic acids is 1. The van der Waals surface area contributed by atoms with Crippen LogP contribution in [-0.2, 0) is 4.74 Å². The number of ether oxygens (including phenoxy) is 1. The van der Waals surface area contributed by atoms with Gasteiger partial charge in [-0.05, 0) is 48.4 Å². The van der Waals surface area contributed by atoms with Gasteiger partial charge in [-0.15, -0.1) is 0 Å². The lowest BCUT2D eigenvalue weighted by atomic mass is 10.1. The molecule has 0 bridgehead atoms. The molecule has 1 N–H and O–H groups in total. The lowest BCUT2D eigenvalue weighted by Crippen LogP contribution is -2.08. The van der Waals surface area contributed by atoms with Gasteiger partial charge < -0.3 is 10.1 Å². The van der Waals surface area contributed by atoms with Gasteiger partial charge >= 0.3 is 5.97 Å². The van der Waals surface area contributed by atoms with Crippen LogP contribution >= 0.6 is 11.6 Å². The van der Waals surface area contributed by atoms with Crippen LogP contribution < -0.4 is 5.32 Å². The van der Waals surface area contributed by atoms with E-state index in [1.807, 2.05) is 85.8 Å². The molecule has 27 heavy (non-hydrogen) atoms. The van der Waals surface area contributed by atoms with Gasteiger partial charge in [0.2, 0.25) is 0 Å². The molecule has 0 fully saturated rings. The molecule has 0 aromatic heterocycles. The fraction of sp³-hybridized carbons (Fsp3) is 0.0870. The lowest BCUT2D eigenvalue weighted by molar-refractivity contribution is 0.0551. The Morgan fingerprint density at radius 2 is 1.67 bits per heavy atom. The predicted octanol–water partition coefficient (Wildman–Crippen LogP) is 6.26. The van der Waals surface area contributed by atoms with Crippen molar-refractivity contribution in [3.05, 3.63) is 101 Å². The van der Waals surface area contributed by atoms with Crippen LogP contribution in [0.5, 0.6) is 0 Å². The quantitative estimate of drug-likeness (QED) is 0.515. The number of benzene rings is 3. The summed E-state index contributed by atoms with van der Waals surface area (Å²) in [5.74, 6) is -0.379. The molecule has 0 radical (unpaired) electrons. The van der Waals surface area contributed by atoms with Crippen molar-refractivity contribution in [2.24, 2.45) is 0 Å². The van der Waals surface area contributed by atoms with E-state index in [2.05, 4.69) is 5.32 Å². The summed E-state index contributed by atoms with van der Waals surface area (Å²) in [6.45, 7) is 2.14. The topological polar surface area (TPSA) is 38.3 Å². The van der Waals surface area contributed by atoms with Crippen LogP contribution in [0, 0.1) is 6.92 Å². The van der Waals surface area contributed by atoms with Gasteiger partial charge in [0.15, 0.2) is 0 Å². The van der Waals surface area contributed by atoms with E-state index in [4.69, 9.17) is 16.3 Å². The van der Waals surface area contributed by atoms with Crippen molar-refractivity contribution in [3.8, 4) is 0 Å². The van der Waals surface area contributed by atoms with E-state index in [0.717, 1.165) is 16.8 Å². The van der Waals surface area contributed by atoms with Crippen LogP contribution in [0.3, 0.4) is 0 Å². The molecule has 136 valence electrons. The molecule has 0 aliphatic rings. The first kappa shape index (κ1) is 18.7. The zero-order valence-corrected chi connectivity index (χ0v) is 15.7. The zero-order valence-electron chi connectivity index (χ0n) is 15.0. The molecule has 3 nitrogen and oxygen atoms in total. The molecule has 0 saturated carbocycles. The maximum absolute atomic E-state index is 12.5. The average molecular weight is 378 g/mol. The molecular formula is C23H20ClNO2. The van der Waals surface area contributed by atoms with Crippen molar-refractivity contribution < 1.29 is 9.53 Å². The fourth-order valence-corrected chi connectivity index (χ4v) is 2.78. The second-order valence-electron chi connectivity index (χ2n) is 5.99. The normalized spacial score (nSPS) is 10.7. The largest absolute Gasteiger partial charge is 0.458 e. The van der Waals surface area contributed by atoms with E-state index < -0.39 is 0 Å². The van der Waals surface area contributed by atoms with Crippen LogP contribution in [0.1, 0.15) is 21.5 Å². The predicted molar refractivity (Wildman–Crippen MR) is 112 cm³/mol. The van der Waals surface area contributed by atoms with Crippen LogP contribution in [0.25, 0.3) is 6.08 Å². The molecule has 0 saturated heterocycles. The highest BCUT2D eigenvalue weighted by molar-refractivity contribution is 6.31. The molecule has 0 spiro atoms. The second-order valence-corrected chi connectivity index (χ2v) is 6.40. The third-order valence-electron chi connectivity index (χ3n) is 4.10. The van der Waals surface area contributed by atoms with Crippen molar-refractivity contribution in [2.45, 2.75) is 6.92 Å². The molecule has 0 atom stereocenters. The number of nitrogens with one attached hydrogen (secondary N) is 1. The Kier molecular flexibility index (Phi) is 6.29. The van der Waals surface area contributed by atoms with Crippen LogP contribution in [0.15, 0.2) is 78.9 Å². The minimum absolute atomic E-state index is 0.207. The molecule has 3 aromatic carbocycles. The minimum Gasteiger partial charge on any atom is -0.458 e. The summed E-state index contributed by atoms with van der Waals surface area (Å²) in [6.07, 6.45) is 3.75. The molecule has 0 heterocycles. The van der Waals surface area contributed by atoms with Gasteiger partial charge in [-0.3, -0.25) is 0 Å².